The van der Waals surface area contributed by atoms with Gasteiger partial charge in [0.05, 0.1) is 50.1 Å². The van der Waals surface area contributed by atoms with Crippen LogP contribution in [0.2, 0.25) is 0 Å². The van der Waals surface area contributed by atoms with Gasteiger partial charge in [0.15, 0.2) is 34.9 Å². The van der Waals surface area contributed by atoms with Gasteiger partial charge in [-0.3, -0.25) is 9.97 Å². The van der Waals surface area contributed by atoms with E-state index in [9.17, 15) is 0 Å². The standard InChI is InChI=1S/C85H52F6N10/c1-51-44-59(27-31-64(51)60-28-35-72-70(45-60)65-24-14-15-25-71(65)100(72)73-47-58(52-36-40-92-41-37-52)26-32-68(73)82-96-78(54-16-6-2-7-17-54)94-79(97-82)55-18-8-3-9-19-55)69-46-61(53-38-42-93-43-39-53)48-76(77(69)83-98-80(56-20-10-4-11-21-56)95-81(99-83)57-22-12-5-13-23-57)101-74-49-62(84(86,87)88)29-33-66(74)67-34-30-63(50-75(67)101)85(89,90)91/h2-50H,1H3. The van der Waals surface area contributed by atoms with E-state index in [2.05, 4.69) is 63.1 Å². The lowest BCUT2D eigenvalue weighted by atomic mass is 9.89. The Kier molecular flexibility index (Phi) is 15.1. The van der Waals surface area contributed by atoms with Crippen LogP contribution in [0, 0.1) is 6.92 Å². The van der Waals surface area contributed by atoms with E-state index >= 15 is 26.3 Å². The van der Waals surface area contributed by atoms with Crippen molar-refractivity contribution in [1.82, 2.24) is 49.0 Å². The topological polar surface area (TPSA) is 113 Å². The molecular formula is C85H52F6N10. The number of hydrogen-bond donors (Lipinski definition) is 0. The molecule has 0 fully saturated rings. The lowest BCUT2D eigenvalue weighted by Gasteiger charge is -2.21. The molecule has 0 unspecified atom stereocenters. The van der Waals surface area contributed by atoms with Crippen molar-refractivity contribution in [1.29, 1.82) is 0 Å². The van der Waals surface area contributed by atoms with Crippen molar-refractivity contribution < 1.29 is 26.3 Å². The quantitative estimate of drug-likeness (QED) is 0.111. The van der Waals surface area contributed by atoms with E-state index < -0.39 is 23.5 Å². The van der Waals surface area contributed by atoms with Crippen LogP contribution in [0.5, 0.6) is 0 Å². The summed E-state index contributed by atoms with van der Waals surface area (Å²) in [5.41, 5.74) is 12.0. The third-order valence-corrected chi connectivity index (χ3v) is 18.4. The van der Waals surface area contributed by atoms with Gasteiger partial charge in [-0.25, -0.2) is 29.9 Å². The second kappa shape index (κ2) is 24.8. The van der Waals surface area contributed by atoms with Gasteiger partial charge in [0.25, 0.3) is 0 Å². The number of alkyl halides is 6. The molecule has 0 N–H and O–H groups in total. The number of aromatic nitrogens is 10. The summed E-state index contributed by atoms with van der Waals surface area (Å²) in [5, 5.41) is 2.56. The molecule has 6 aromatic heterocycles. The first-order valence-corrected chi connectivity index (χ1v) is 32.5. The van der Waals surface area contributed by atoms with Crippen LogP contribution < -0.4 is 0 Å². The number of hydrogen-bond acceptors (Lipinski definition) is 8. The van der Waals surface area contributed by atoms with E-state index in [4.69, 9.17) is 29.9 Å². The summed E-state index contributed by atoms with van der Waals surface area (Å²) in [6.45, 7) is 2.02. The Morgan fingerprint density at radius 3 is 1.18 bits per heavy atom. The number of rotatable bonds is 12. The van der Waals surface area contributed by atoms with Crippen molar-refractivity contribution in [2.45, 2.75) is 19.3 Å². The molecule has 484 valence electrons. The molecule has 0 saturated heterocycles. The van der Waals surface area contributed by atoms with Crippen molar-refractivity contribution >= 4 is 43.6 Å². The number of halogens is 6. The largest absolute Gasteiger partial charge is 0.416 e. The number of aryl methyl sites for hydroxylation is 1. The van der Waals surface area contributed by atoms with Gasteiger partial charge >= 0.3 is 12.4 Å². The minimum atomic E-state index is -4.82. The minimum Gasteiger partial charge on any atom is -0.308 e. The first kappa shape index (κ1) is 61.5. The molecule has 16 heteroatoms. The average Bonchev–Trinajstić information content (AvgIpc) is 1.62. The Morgan fingerprint density at radius 2 is 0.663 bits per heavy atom. The molecule has 0 spiro atoms. The van der Waals surface area contributed by atoms with Crippen molar-refractivity contribution in [2.75, 3.05) is 0 Å². The first-order chi connectivity index (χ1) is 49.2. The molecule has 0 aliphatic heterocycles. The fraction of sp³-hybridized carbons (Fsp3) is 0.0353. The molecule has 17 rings (SSSR count). The summed E-state index contributed by atoms with van der Waals surface area (Å²) in [7, 11) is 0. The van der Waals surface area contributed by atoms with Crippen LogP contribution >= 0.6 is 0 Å². The number of nitrogens with zero attached hydrogens (tertiary/aromatic N) is 10. The zero-order valence-electron chi connectivity index (χ0n) is 53.5. The number of fused-ring (bicyclic) bond motifs is 6. The highest BCUT2D eigenvalue weighted by molar-refractivity contribution is 6.12. The normalized spacial score (nSPS) is 11.9. The molecule has 0 amide bonds. The zero-order chi connectivity index (χ0) is 68.5. The highest BCUT2D eigenvalue weighted by atomic mass is 19.4. The van der Waals surface area contributed by atoms with Crippen molar-refractivity contribution in [3.05, 3.63) is 314 Å². The van der Waals surface area contributed by atoms with Crippen LogP contribution in [0.4, 0.5) is 26.3 Å². The molecule has 0 bridgehead atoms. The monoisotopic (exact) mass is 1330 g/mol. The molecule has 0 atom stereocenters. The number of benzene rings is 11. The van der Waals surface area contributed by atoms with Gasteiger partial charge in [0.1, 0.15) is 0 Å². The Hall–Kier alpha value is -13.1. The van der Waals surface area contributed by atoms with Crippen molar-refractivity contribution in [3.63, 3.8) is 0 Å². The van der Waals surface area contributed by atoms with Gasteiger partial charge in [-0.05, 0) is 148 Å². The minimum absolute atomic E-state index is 0.00916. The zero-order valence-corrected chi connectivity index (χ0v) is 53.5. The average molecular weight is 1330 g/mol. The summed E-state index contributed by atoms with van der Waals surface area (Å²) < 4.78 is 94.5. The fourth-order valence-corrected chi connectivity index (χ4v) is 13.6. The van der Waals surface area contributed by atoms with Crippen molar-refractivity contribution in [3.8, 4) is 124 Å². The van der Waals surface area contributed by atoms with Gasteiger partial charge in [-0.2, -0.15) is 26.3 Å². The number of para-hydroxylation sites is 1. The third-order valence-electron chi connectivity index (χ3n) is 18.4. The van der Waals surface area contributed by atoms with Crippen LogP contribution in [0.1, 0.15) is 16.7 Å². The highest BCUT2D eigenvalue weighted by Gasteiger charge is 2.35. The molecule has 17 aromatic rings. The van der Waals surface area contributed by atoms with Gasteiger partial charge < -0.3 is 9.13 Å². The van der Waals surface area contributed by atoms with Crippen LogP contribution in [0.3, 0.4) is 0 Å². The van der Waals surface area contributed by atoms with Gasteiger partial charge in [0, 0.05) is 74.1 Å². The lowest BCUT2D eigenvalue weighted by Crippen LogP contribution is -2.08. The molecule has 6 heterocycles. The smallest absolute Gasteiger partial charge is 0.308 e. The second-order valence-corrected chi connectivity index (χ2v) is 24.6. The summed E-state index contributed by atoms with van der Waals surface area (Å²) in [4.78, 5) is 39.7. The lowest BCUT2D eigenvalue weighted by molar-refractivity contribution is -0.138. The molecule has 0 radical (unpaired) electrons. The molecule has 101 heavy (non-hydrogen) atoms. The van der Waals surface area contributed by atoms with Crippen molar-refractivity contribution in [2.24, 2.45) is 0 Å². The maximum absolute atomic E-state index is 15.1. The van der Waals surface area contributed by atoms with Gasteiger partial charge in [0.2, 0.25) is 0 Å². The van der Waals surface area contributed by atoms with Gasteiger partial charge in [-0.15, -0.1) is 0 Å². The maximum atomic E-state index is 15.1. The molecule has 10 nitrogen and oxygen atoms in total. The van der Waals surface area contributed by atoms with E-state index in [1.54, 1.807) is 43.0 Å². The first-order valence-electron chi connectivity index (χ1n) is 32.5. The molecule has 0 aliphatic rings. The van der Waals surface area contributed by atoms with Crippen LogP contribution in [0.15, 0.2) is 298 Å². The Bertz CT molecular complexity index is 5860. The number of pyridine rings is 2. The Labute approximate surface area is 574 Å². The summed E-state index contributed by atoms with van der Waals surface area (Å²) >= 11 is 0. The van der Waals surface area contributed by atoms with E-state index in [-0.39, 0.29) is 34.2 Å². The van der Waals surface area contributed by atoms with E-state index in [1.165, 1.54) is 16.7 Å². The molecular weight excluding hydrogens is 1270 g/mol. The Balaban J connectivity index is 0.894. The summed E-state index contributed by atoms with van der Waals surface area (Å²) in [5.74, 6) is 2.22. The summed E-state index contributed by atoms with van der Waals surface area (Å²) in [6, 6.07) is 83.4. The Morgan fingerprint density at radius 1 is 0.257 bits per heavy atom. The molecule has 11 aromatic carbocycles. The third kappa shape index (κ3) is 11.4. The van der Waals surface area contributed by atoms with Crippen LogP contribution in [-0.4, -0.2) is 49.0 Å². The van der Waals surface area contributed by atoms with Gasteiger partial charge in [-0.1, -0.05) is 182 Å². The highest BCUT2D eigenvalue weighted by Crippen LogP contribution is 2.48. The molecule has 0 saturated carbocycles. The predicted octanol–water partition coefficient (Wildman–Crippen LogP) is 22.1. The van der Waals surface area contributed by atoms with Crippen LogP contribution in [0.25, 0.3) is 168 Å². The van der Waals surface area contributed by atoms with E-state index in [0.29, 0.717) is 67.2 Å². The SMILES string of the molecule is Cc1cc(-c2cc(-c3ccncc3)cc(-n3c4cc(C(F)(F)F)ccc4c4ccc(C(F)(F)F)cc43)c2-c2nc(-c3ccccc3)nc(-c3ccccc3)n2)ccc1-c1ccc2c(c1)c1ccccc1n2-c1cc(-c2ccncc2)ccc1-c1nc(-c2ccccc2)nc(-c2ccccc2)n1. The fourth-order valence-electron chi connectivity index (χ4n) is 13.6. The summed E-state index contributed by atoms with van der Waals surface area (Å²) in [6.07, 6.45) is -2.83. The maximum Gasteiger partial charge on any atom is 0.416 e. The van der Waals surface area contributed by atoms with E-state index in [0.717, 1.165) is 96.3 Å². The predicted molar refractivity (Wildman–Crippen MR) is 387 cm³/mol. The molecule has 0 aliphatic carbocycles. The van der Waals surface area contributed by atoms with Crippen LogP contribution in [-0.2, 0) is 12.4 Å². The van der Waals surface area contributed by atoms with E-state index in [1.807, 2.05) is 177 Å². The second-order valence-electron chi connectivity index (χ2n) is 24.6.